The number of rotatable bonds is 8. The quantitative estimate of drug-likeness (QED) is 0.318. The fourth-order valence-corrected chi connectivity index (χ4v) is 5.11. The van der Waals surface area contributed by atoms with E-state index in [1.165, 1.54) is 11.8 Å². The number of nitrogens with zero attached hydrogens (tertiary/aromatic N) is 2. The first-order valence-electron chi connectivity index (χ1n) is 12.9. The van der Waals surface area contributed by atoms with E-state index < -0.39 is 6.04 Å². The molecule has 0 aromatic heterocycles. The minimum absolute atomic E-state index is 0.112. The Morgan fingerprint density at radius 3 is 2.28 bits per heavy atom. The van der Waals surface area contributed by atoms with Crippen LogP contribution in [0.25, 0.3) is 0 Å². The third kappa shape index (κ3) is 7.09. The van der Waals surface area contributed by atoms with Gasteiger partial charge in [-0.25, -0.2) is 4.99 Å². The summed E-state index contributed by atoms with van der Waals surface area (Å²) in [7, 11) is 3.97. The number of nitrogens with one attached hydrogen (secondary N) is 3. The zero-order valence-electron chi connectivity index (χ0n) is 23.0. The Morgan fingerprint density at radius 1 is 0.949 bits per heavy atom. The molecule has 0 fully saturated rings. The highest BCUT2D eigenvalue weighted by Crippen LogP contribution is 2.34. The lowest BCUT2D eigenvalue weighted by molar-refractivity contribution is -0.114. The molecule has 3 aromatic rings. The third-order valence-electron chi connectivity index (χ3n) is 6.42. The van der Waals surface area contributed by atoms with E-state index in [-0.39, 0.29) is 17.6 Å². The van der Waals surface area contributed by atoms with Crippen LogP contribution in [0.15, 0.2) is 95.1 Å². The highest BCUT2D eigenvalue weighted by atomic mass is 32.2. The number of carbonyl (C=O) groups is 2. The van der Waals surface area contributed by atoms with Gasteiger partial charge in [-0.2, -0.15) is 0 Å². The van der Waals surface area contributed by atoms with Crippen LogP contribution in [0.4, 0.5) is 17.1 Å². The lowest BCUT2D eigenvalue weighted by Gasteiger charge is -2.27. The van der Waals surface area contributed by atoms with Gasteiger partial charge in [-0.15, -0.1) is 0 Å². The molecular weight excluding hydrogens is 506 g/mol. The predicted octanol–water partition coefficient (Wildman–Crippen LogP) is 6.16. The second kappa shape index (κ2) is 12.7. The maximum Gasteiger partial charge on any atom is 0.255 e. The van der Waals surface area contributed by atoms with E-state index in [1.807, 2.05) is 105 Å². The molecule has 0 saturated heterocycles. The average molecular weight is 542 g/mol. The molecule has 39 heavy (non-hydrogen) atoms. The van der Waals surface area contributed by atoms with Gasteiger partial charge in [0.15, 0.2) is 5.17 Å². The molecule has 3 aromatic carbocycles. The van der Waals surface area contributed by atoms with Gasteiger partial charge in [0.1, 0.15) is 6.04 Å². The molecule has 0 unspecified atom stereocenters. The summed E-state index contributed by atoms with van der Waals surface area (Å²) >= 11 is 1.32. The summed E-state index contributed by atoms with van der Waals surface area (Å²) < 4.78 is 0. The molecule has 0 bridgehead atoms. The summed E-state index contributed by atoms with van der Waals surface area (Å²) in [6.07, 6.45) is 0. The topological polar surface area (TPSA) is 85.8 Å². The number of allylic oxidation sites excluding steroid dienone is 1. The molecule has 8 heteroatoms. The van der Waals surface area contributed by atoms with E-state index in [0.717, 1.165) is 22.5 Å². The Morgan fingerprint density at radius 2 is 1.62 bits per heavy atom. The Kier molecular flexibility index (Phi) is 9.09. The monoisotopic (exact) mass is 541 g/mol. The summed E-state index contributed by atoms with van der Waals surface area (Å²) in [6, 6.07) is 24.7. The maximum atomic E-state index is 13.4. The number of aliphatic imine (C=N–C) groups is 1. The van der Waals surface area contributed by atoms with Crippen LogP contribution in [0.3, 0.4) is 0 Å². The van der Waals surface area contributed by atoms with Crippen molar-refractivity contribution in [1.29, 1.82) is 0 Å². The van der Waals surface area contributed by atoms with Gasteiger partial charge in [0.05, 0.1) is 11.3 Å². The highest BCUT2D eigenvalue weighted by molar-refractivity contribution is 8.14. The molecule has 3 N–H and O–H groups in total. The molecule has 0 aliphatic carbocycles. The van der Waals surface area contributed by atoms with Crippen molar-refractivity contribution >= 4 is 45.8 Å². The molecule has 202 valence electrons. The highest BCUT2D eigenvalue weighted by Gasteiger charge is 2.30. The van der Waals surface area contributed by atoms with Crippen LogP contribution >= 0.6 is 11.8 Å². The minimum Gasteiger partial charge on any atom is -0.378 e. The van der Waals surface area contributed by atoms with E-state index >= 15 is 0 Å². The Hall–Kier alpha value is -4.04. The second-order valence-electron chi connectivity index (χ2n) is 9.89. The van der Waals surface area contributed by atoms with Gasteiger partial charge >= 0.3 is 0 Å². The number of amides is 2. The molecule has 0 saturated carbocycles. The van der Waals surface area contributed by atoms with Crippen molar-refractivity contribution in [1.82, 2.24) is 5.32 Å². The number of benzene rings is 3. The first-order chi connectivity index (χ1) is 18.7. The van der Waals surface area contributed by atoms with Crippen LogP contribution in [0.2, 0.25) is 0 Å². The summed E-state index contributed by atoms with van der Waals surface area (Å²) in [4.78, 5) is 33.2. The number of amidine groups is 1. The standard InChI is InChI=1S/C31H35N5O2S/c1-20(2)25-13-9-10-14-26(25)34-27(37)19-39-31-32-21(3)28(30(38)33-23-11-7-6-8-12-23)29(35-31)22-15-17-24(18-16-22)36(4)5/h6-18,20,29H,19H2,1-5H3,(H,32,35)(H,33,38)(H,34,37)/t29-/m0/s1. The smallest absolute Gasteiger partial charge is 0.255 e. The van der Waals surface area contributed by atoms with Crippen molar-refractivity contribution in [2.45, 2.75) is 32.7 Å². The molecule has 2 amide bonds. The molecule has 0 spiro atoms. The molecule has 7 nitrogen and oxygen atoms in total. The van der Waals surface area contributed by atoms with E-state index in [9.17, 15) is 9.59 Å². The summed E-state index contributed by atoms with van der Waals surface area (Å²) in [5.74, 6) is 0.150. The second-order valence-corrected chi connectivity index (χ2v) is 10.8. The Balaban J connectivity index is 1.55. The molecule has 0 radical (unpaired) electrons. The third-order valence-corrected chi connectivity index (χ3v) is 7.30. The number of anilines is 3. The van der Waals surface area contributed by atoms with E-state index in [2.05, 4.69) is 29.8 Å². The van der Waals surface area contributed by atoms with Crippen LogP contribution in [-0.2, 0) is 9.59 Å². The minimum atomic E-state index is -0.515. The van der Waals surface area contributed by atoms with Crippen LogP contribution in [-0.4, -0.2) is 36.8 Å². The van der Waals surface area contributed by atoms with Crippen molar-refractivity contribution in [3.8, 4) is 0 Å². The summed E-state index contributed by atoms with van der Waals surface area (Å²) in [5, 5.41) is 9.88. The molecular formula is C31H35N5O2S. The van der Waals surface area contributed by atoms with Gasteiger partial charge < -0.3 is 20.9 Å². The van der Waals surface area contributed by atoms with Gasteiger partial charge in [0.25, 0.3) is 5.91 Å². The van der Waals surface area contributed by atoms with Crippen molar-refractivity contribution in [2.24, 2.45) is 4.99 Å². The molecule has 1 heterocycles. The van der Waals surface area contributed by atoms with Gasteiger partial charge in [-0.05, 0) is 54.3 Å². The first kappa shape index (κ1) is 28.0. The number of para-hydroxylation sites is 2. The maximum absolute atomic E-state index is 13.4. The summed E-state index contributed by atoms with van der Waals surface area (Å²) in [5.41, 5.74) is 5.83. The summed E-state index contributed by atoms with van der Waals surface area (Å²) in [6.45, 7) is 6.08. The predicted molar refractivity (Wildman–Crippen MR) is 163 cm³/mol. The number of thioether (sulfide) groups is 1. The van der Waals surface area contributed by atoms with E-state index in [0.29, 0.717) is 28.0 Å². The number of hydrogen-bond acceptors (Lipinski definition) is 6. The van der Waals surface area contributed by atoms with Crippen molar-refractivity contribution in [2.75, 3.05) is 35.4 Å². The van der Waals surface area contributed by atoms with Crippen LogP contribution in [0.1, 0.15) is 43.9 Å². The fourth-order valence-electron chi connectivity index (χ4n) is 4.37. The first-order valence-corrected chi connectivity index (χ1v) is 13.9. The normalized spacial score (nSPS) is 14.9. The number of carbonyl (C=O) groups excluding carboxylic acids is 2. The zero-order valence-corrected chi connectivity index (χ0v) is 23.8. The SMILES string of the molecule is CC1=C(C(=O)Nc2ccccc2)[C@H](c2ccc(N(C)C)cc2)N=C(SCC(=O)Nc2ccccc2C(C)C)N1. The lowest BCUT2D eigenvalue weighted by atomic mass is 9.95. The Bertz CT molecular complexity index is 1380. The van der Waals surface area contributed by atoms with Crippen LogP contribution in [0, 0.1) is 0 Å². The van der Waals surface area contributed by atoms with Gasteiger partial charge in [0, 0.05) is 36.9 Å². The Labute approximate surface area is 234 Å². The lowest BCUT2D eigenvalue weighted by Crippen LogP contribution is -2.32. The van der Waals surface area contributed by atoms with Gasteiger partial charge in [-0.1, -0.05) is 74.1 Å². The van der Waals surface area contributed by atoms with Crippen LogP contribution in [0.5, 0.6) is 0 Å². The molecule has 1 atom stereocenters. The van der Waals surface area contributed by atoms with Crippen LogP contribution < -0.4 is 20.9 Å². The van der Waals surface area contributed by atoms with Crippen molar-refractivity contribution in [3.63, 3.8) is 0 Å². The molecule has 1 aliphatic rings. The van der Waals surface area contributed by atoms with Gasteiger partial charge in [-0.3, -0.25) is 9.59 Å². The van der Waals surface area contributed by atoms with E-state index in [4.69, 9.17) is 4.99 Å². The van der Waals surface area contributed by atoms with Crippen molar-refractivity contribution in [3.05, 3.63) is 101 Å². The fraction of sp³-hybridized carbons (Fsp3) is 0.258. The van der Waals surface area contributed by atoms with E-state index in [1.54, 1.807) is 0 Å². The number of hydrogen-bond donors (Lipinski definition) is 3. The zero-order chi connectivity index (χ0) is 27.9. The molecule has 1 aliphatic heterocycles. The molecule has 4 rings (SSSR count). The van der Waals surface area contributed by atoms with Crippen molar-refractivity contribution < 1.29 is 9.59 Å². The largest absolute Gasteiger partial charge is 0.378 e. The average Bonchev–Trinajstić information content (AvgIpc) is 2.92. The van der Waals surface area contributed by atoms with Gasteiger partial charge in [0.2, 0.25) is 5.91 Å².